The summed E-state index contributed by atoms with van der Waals surface area (Å²) in [5, 5.41) is 7.28. The lowest BCUT2D eigenvalue weighted by Crippen LogP contribution is -2.41. The normalized spacial score (nSPS) is 18.2. The maximum absolute atomic E-state index is 6.05. The van der Waals surface area contributed by atoms with Crippen LogP contribution in [0.4, 0.5) is 0 Å². The van der Waals surface area contributed by atoms with Gasteiger partial charge in [-0.1, -0.05) is 29.8 Å². The fourth-order valence-electron chi connectivity index (χ4n) is 1.64. The van der Waals surface area contributed by atoms with Crippen molar-refractivity contribution in [3.05, 3.63) is 34.9 Å². The maximum atomic E-state index is 6.05. The van der Waals surface area contributed by atoms with Crippen LogP contribution in [0.25, 0.3) is 0 Å². The van der Waals surface area contributed by atoms with Gasteiger partial charge in [0.1, 0.15) is 0 Å². The third kappa shape index (κ3) is 2.97. The average molecular weight is 238 g/mol. The van der Waals surface area contributed by atoms with Gasteiger partial charge in [0, 0.05) is 36.8 Å². The zero-order chi connectivity index (χ0) is 11.4. The predicted molar refractivity (Wildman–Crippen MR) is 68.1 cm³/mol. The molecule has 0 aliphatic carbocycles. The summed E-state index contributed by atoms with van der Waals surface area (Å²) < 4.78 is 0. The highest BCUT2D eigenvalue weighted by molar-refractivity contribution is 6.33. The minimum atomic E-state index is 0.750. The molecule has 1 saturated heterocycles. The van der Waals surface area contributed by atoms with E-state index in [0.29, 0.717) is 0 Å². The maximum Gasteiger partial charge on any atom is 0.0557 e. The summed E-state index contributed by atoms with van der Waals surface area (Å²) in [5.74, 6) is 0. The molecule has 1 aromatic carbocycles. The van der Waals surface area contributed by atoms with Gasteiger partial charge in [0.05, 0.1) is 6.21 Å². The zero-order valence-electron chi connectivity index (χ0n) is 9.43. The van der Waals surface area contributed by atoms with E-state index < -0.39 is 0 Å². The first kappa shape index (κ1) is 11.4. The van der Waals surface area contributed by atoms with E-state index in [4.69, 9.17) is 11.6 Å². The molecule has 2 rings (SSSR count). The second-order valence-electron chi connectivity index (χ2n) is 4.02. The number of hydrazone groups is 1. The smallest absolute Gasteiger partial charge is 0.0557 e. The van der Waals surface area contributed by atoms with Crippen molar-refractivity contribution in [2.45, 2.75) is 0 Å². The first-order valence-electron chi connectivity index (χ1n) is 5.48. The Morgan fingerprint density at radius 3 is 2.56 bits per heavy atom. The van der Waals surface area contributed by atoms with Gasteiger partial charge in [0.25, 0.3) is 0 Å². The Balaban J connectivity index is 1.97. The summed E-state index contributed by atoms with van der Waals surface area (Å²) in [6.07, 6.45) is 1.84. The van der Waals surface area contributed by atoms with Crippen LogP contribution in [0.15, 0.2) is 29.4 Å². The minimum absolute atomic E-state index is 0.750. The molecule has 0 bridgehead atoms. The number of rotatable bonds is 2. The second-order valence-corrected chi connectivity index (χ2v) is 4.43. The van der Waals surface area contributed by atoms with E-state index in [1.165, 1.54) is 0 Å². The molecule has 0 radical (unpaired) electrons. The molecule has 16 heavy (non-hydrogen) atoms. The molecule has 1 aliphatic rings. The molecule has 0 N–H and O–H groups in total. The van der Waals surface area contributed by atoms with Gasteiger partial charge < -0.3 is 4.90 Å². The van der Waals surface area contributed by atoms with Gasteiger partial charge in [0.2, 0.25) is 0 Å². The van der Waals surface area contributed by atoms with Gasteiger partial charge in [-0.15, -0.1) is 0 Å². The molecular formula is C12H16ClN3. The van der Waals surface area contributed by atoms with E-state index in [1.54, 1.807) is 0 Å². The van der Waals surface area contributed by atoms with Gasteiger partial charge in [-0.2, -0.15) is 5.10 Å². The van der Waals surface area contributed by atoms with Crippen molar-refractivity contribution in [1.29, 1.82) is 0 Å². The molecule has 0 amide bonds. The highest BCUT2D eigenvalue weighted by Crippen LogP contribution is 2.12. The van der Waals surface area contributed by atoms with Crippen LogP contribution in [-0.2, 0) is 0 Å². The van der Waals surface area contributed by atoms with Crippen LogP contribution in [0.3, 0.4) is 0 Å². The lowest BCUT2D eigenvalue weighted by atomic mass is 10.2. The Morgan fingerprint density at radius 1 is 1.19 bits per heavy atom. The van der Waals surface area contributed by atoms with Crippen molar-refractivity contribution in [3.63, 3.8) is 0 Å². The van der Waals surface area contributed by atoms with Gasteiger partial charge in [-0.05, 0) is 13.1 Å². The monoisotopic (exact) mass is 237 g/mol. The van der Waals surface area contributed by atoms with E-state index in [-0.39, 0.29) is 0 Å². The zero-order valence-corrected chi connectivity index (χ0v) is 10.2. The van der Waals surface area contributed by atoms with Crippen molar-refractivity contribution < 1.29 is 0 Å². The van der Waals surface area contributed by atoms with E-state index in [2.05, 4.69) is 22.1 Å². The fourth-order valence-corrected chi connectivity index (χ4v) is 1.82. The molecule has 86 valence electrons. The third-order valence-electron chi connectivity index (χ3n) is 2.75. The van der Waals surface area contributed by atoms with Crippen LogP contribution in [-0.4, -0.2) is 49.4 Å². The Morgan fingerprint density at radius 2 is 1.88 bits per heavy atom. The van der Waals surface area contributed by atoms with E-state index in [1.807, 2.05) is 30.5 Å². The predicted octanol–water partition coefficient (Wildman–Crippen LogP) is 1.92. The Hall–Kier alpha value is -1.06. The number of hydrogen-bond acceptors (Lipinski definition) is 3. The van der Waals surface area contributed by atoms with Gasteiger partial charge in [0.15, 0.2) is 0 Å². The van der Waals surface area contributed by atoms with Gasteiger partial charge in [-0.25, -0.2) is 0 Å². The van der Waals surface area contributed by atoms with Crippen LogP contribution in [0.5, 0.6) is 0 Å². The van der Waals surface area contributed by atoms with Gasteiger partial charge in [-0.3, -0.25) is 5.01 Å². The first-order chi connectivity index (χ1) is 7.75. The summed E-state index contributed by atoms with van der Waals surface area (Å²) in [7, 11) is 2.13. The Labute approximate surface area is 101 Å². The summed E-state index contributed by atoms with van der Waals surface area (Å²) in [4.78, 5) is 2.31. The minimum Gasteiger partial charge on any atom is -0.303 e. The number of halogens is 1. The average Bonchev–Trinajstić information content (AvgIpc) is 2.30. The van der Waals surface area contributed by atoms with Crippen LogP contribution in [0.2, 0.25) is 5.02 Å². The fraction of sp³-hybridized carbons (Fsp3) is 0.417. The number of nitrogens with zero attached hydrogens (tertiary/aromatic N) is 3. The van der Waals surface area contributed by atoms with Crippen LogP contribution in [0.1, 0.15) is 5.56 Å². The van der Waals surface area contributed by atoms with E-state index in [0.717, 1.165) is 36.8 Å². The van der Waals surface area contributed by atoms with Crippen LogP contribution in [0, 0.1) is 0 Å². The Kier molecular flexibility index (Phi) is 3.80. The molecule has 0 unspecified atom stereocenters. The van der Waals surface area contributed by atoms with Crippen LogP contribution >= 0.6 is 11.6 Å². The molecule has 4 heteroatoms. The molecule has 1 heterocycles. The van der Waals surface area contributed by atoms with Gasteiger partial charge >= 0.3 is 0 Å². The third-order valence-corrected chi connectivity index (χ3v) is 3.09. The number of benzene rings is 1. The molecule has 1 aromatic rings. The lowest BCUT2D eigenvalue weighted by Gasteiger charge is -2.30. The molecule has 1 fully saturated rings. The van der Waals surface area contributed by atoms with Crippen molar-refractivity contribution in [3.8, 4) is 0 Å². The SMILES string of the molecule is CN1CCN(/N=C\c2ccccc2Cl)CC1. The molecule has 0 spiro atoms. The van der Waals surface area contributed by atoms with Crippen molar-refractivity contribution in [2.24, 2.45) is 5.10 Å². The number of piperazine rings is 1. The van der Waals surface area contributed by atoms with E-state index in [9.17, 15) is 0 Å². The van der Waals surface area contributed by atoms with E-state index >= 15 is 0 Å². The van der Waals surface area contributed by atoms with Crippen molar-refractivity contribution in [1.82, 2.24) is 9.91 Å². The summed E-state index contributed by atoms with van der Waals surface area (Å²) in [5.41, 5.74) is 0.975. The van der Waals surface area contributed by atoms with Crippen LogP contribution < -0.4 is 0 Å². The summed E-state index contributed by atoms with van der Waals surface area (Å²) >= 11 is 6.05. The van der Waals surface area contributed by atoms with Crippen molar-refractivity contribution in [2.75, 3.05) is 33.2 Å². The first-order valence-corrected chi connectivity index (χ1v) is 5.85. The molecular weight excluding hydrogens is 222 g/mol. The molecule has 0 aromatic heterocycles. The van der Waals surface area contributed by atoms with Crippen molar-refractivity contribution >= 4 is 17.8 Å². The molecule has 3 nitrogen and oxygen atoms in total. The highest BCUT2D eigenvalue weighted by Gasteiger charge is 2.10. The number of hydrogen-bond donors (Lipinski definition) is 0. The summed E-state index contributed by atoms with van der Waals surface area (Å²) in [6, 6.07) is 7.75. The largest absolute Gasteiger partial charge is 0.303 e. The molecule has 0 saturated carbocycles. The quantitative estimate of drug-likeness (QED) is 0.732. The highest BCUT2D eigenvalue weighted by atomic mass is 35.5. The lowest BCUT2D eigenvalue weighted by molar-refractivity contribution is 0.159. The second kappa shape index (κ2) is 5.32. The Bertz CT molecular complexity index is 370. The summed E-state index contributed by atoms with van der Waals surface area (Å²) in [6.45, 7) is 4.11. The topological polar surface area (TPSA) is 18.8 Å². The number of likely N-dealkylation sites (N-methyl/N-ethyl adjacent to an activating group) is 1. The molecule has 1 aliphatic heterocycles. The standard InChI is InChI=1S/C12H16ClN3/c1-15-6-8-16(9-7-15)14-10-11-4-2-3-5-12(11)13/h2-5,10H,6-9H2,1H3/b14-10-. The molecule has 0 atom stereocenters.